The number of carbonyl (C=O) groups excluding carboxylic acids is 2. The third kappa shape index (κ3) is 4.48. The lowest BCUT2D eigenvalue weighted by Crippen LogP contribution is -2.39. The summed E-state index contributed by atoms with van der Waals surface area (Å²) in [6.07, 6.45) is 0. The first-order valence-corrected chi connectivity index (χ1v) is 9.18. The van der Waals surface area contributed by atoms with Crippen LogP contribution < -0.4 is 9.64 Å². The zero-order valence-electron chi connectivity index (χ0n) is 15.6. The van der Waals surface area contributed by atoms with Crippen LogP contribution in [0.3, 0.4) is 0 Å². The quantitative estimate of drug-likeness (QED) is 0.649. The summed E-state index contributed by atoms with van der Waals surface area (Å²) in [6.45, 7) is -0.140. The topological polar surface area (TPSA) is 74.3 Å². The molecular formula is C20H17Cl2NO6. The van der Waals surface area contributed by atoms with E-state index in [1.807, 2.05) is 0 Å². The van der Waals surface area contributed by atoms with Gasteiger partial charge in [0.25, 0.3) is 0 Å². The van der Waals surface area contributed by atoms with Gasteiger partial charge in [0.2, 0.25) is 0 Å². The number of rotatable bonds is 5. The molecule has 0 saturated carbocycles. The molecule has 0 spiro atoms. The Morgan fingerprint density at radius 3 is 2.41 bits per heavy atom. The van der Waals surface area contributed by atoms with Gasteiger partial charge >= 0.3 is 11.9 Å². The van der Waals surface area contributed by atoms with E-state index in [-0.39, 0.29) is 24.6 Å². The lowest BCUT2D eigenvalue weighted by atomic mass is 10.1. The van der Waals surface area contributed by atoms with Crippen molar-refractivity contribution in [2.45, 2.75) is 0 Å². The van der Waals surface area contributed by atoms with E-state index in [0.717, 1.165) is 0 Å². The van der Waals surface area contributed by atoms with E-state index >= 15 is 0 Å². The number of halogens is 2. The highest BCUT2D eigenvalue weighted by Gasteiger charge is 2.34. The molecule has 0 aromatic heterocycles. The molecule has 1 aliphatic rings. The summed E-state index contributed by atoms with van der Waals surface area (Å²) in [4.78, 5) is 26.1. The Hall–Kier alpha value is -2.74. The van der Waals surface area contributed by atoms with Gasteiger partial charge in [-0.15, -0.1) is 0 Å². The molecule has 152 valence electrons. The molecule has 29 heavy (non-hydrogen) atoms. The summed E-state index contributed by atoms with van der Waals surface area (Å²) >= 11 is 12.4. The molecule has 9 heteroatoms. The van der Waals surface area contributed by atoms with Crippen LogP contribution in [-0.2, 0) is 23.8 Å². The molecule has 0 fully saturated rings. The minimum atomic E-state index is -0.725. The monoisotopic (exact) mass is 437 g/mol. The third-order valence-electron chi connectivity index (χ3n) is 4.10. The smallest absolute Gasteiger partial charge is 0.355 e. The number of carbonyl (C=O) groups is 2. The van der Waals surface area contributed by atoms with Crippen molar-refractivity contribution in [3.8, 4) is 11.5 Å². The summed E-state index contributed by atoms with van der Waals surface area (Å²) in [5, 5.41) is 0.795. The highest BCUT2D eigenvalue weighted by atomic mass is 35.5. The molecule has 2 aromatic carbocycles. The van der Waals surface area contributed by atoms with Gasteiger partial charge in [-0.2, -0.15) is 0 Å². The van der Waals surface area contributed by atoms with Gasteiger partial charge in [-0.1, -0.05) is 35.3 Å². The largest absolute Gasteiger partial charge is 0.466 e. The van der Waals surface area contributed by atoms with Crippen LogP contribution in [0.25, 0.3) is 0 Å². The second-order valence-electron chi connectivity index (χ2n) is 5.86. The van der Waals surface area contributed by atoms with Crippen molar-refractivity contribution in [2.75, 3.05) is 32.5 Å². The van der Waals surface area contributed by atoms with Gasteiger partial charge in [-0.05, 0) is 30.3 Å². The molecule has 0 unspecified atom stereocenters. The minimum absolute atomic E-state index is 0.0168. The van der Waals surface area contributed by atoms with E-state index in [4.69, 9.17) is 42.1 Å². The van der Waals surface area contributed by atoms with E-state index in [1.54, 1.807) is 42.5 Å². The summed E-state index contributed by atoms with van der Waals surface area (Å²) in [6, 6.07) is 11.8. The number of hydrogen-bond donors (Lipinski definition) is 0. The van der Waals surface area contributed by atoms with Crippen LogP contribution in [0.2, 0.25) is 10.0 Å². The summed E-state index contributed by atoms with van der Waals surface area (Å²) in [5.74, 6) is -0.672. The number of para-hydroxylation sites is 1. The molecule has 0 N–H and O–H groups in total. The minimum Gasteiger partial charge on any atom is -0.466 e. The Labute approximate surface area is 177 Å². The SMILES string of the molecule is COC(=O)C1=C(C(=O)OC)N(c2cc(Cl)ccc2Oc2ccccc2Cl)COC1. The molecule has 2 aromatic rings. The fourth-order valence-electron chi connectivity index (χ4n) is 2.77. The second kappa shape index (κ2) is 9.17. The molecule has 0 amide bonds. The first-order valence-electron chi connectivity index (χ1n) is 8.43. The number of nitrogens with zero attached hydrogens (tertiary/aromatic N) is 1. The Bertz CT molecular complexity index is 975. The van der Waals surface area contributed by atoms with Crippen LogP contribution in [0, 0.1) is 0 Å². The Morgan fingerprint density at radius 2 is 1.72 bits per heavy atom. The van der Waals surface area contributed by atoms with E-state index in [0.29, 0.717) is 27.2 Å². The van der Waals surface area contributed by atoms with Crippen LogP contribution in [0.15, 0.2) is 53.7 Å². The van der Waals surface area contributed by atoms with Crippen LogP contribution >= 0.6 is 23.2 Å². The van der Waals surface area contributed by atoms with E-state index in [2.05, 4.69) is 0 Å². The number of methoxy groups -OCH3 is 2. The highest BCUT2D eigenvalue weighted by Crippen LogP contribution is 2.40. The zero-order valence-corrected chi connectivity index (χ0v) is 17.1. The highest BCUT2D eigenvalue weighted by molar-refractivity contribution is 6.32. The van der Waals surface area contributed by atoms with Gasteiger partial charge in [0.15, 0.2) is 5.75 Å². The molecule has 7 nitrogen and oxygen atoms in total. The molecule has 0 atom stereocenters. The number of hydrogen-bond acceptors (Lipinski definition) is 7. The fourth-order valence-corrected chi connectivity index (χ4v) is 3.11. The van der Waals surface area contributed by atoms with Crippen molar-refractivity contribution in [1.29, 1.82) is 0 Å². The van der Waals surface area contributed by atoms with Crippen molar-refractivity contribution in [1.82, 2.24) is 0 Å². The summed E-state index contributed by atoms with van der Waals surface area (Å²) in [7, 11) is 2.44. The summed E-state index contributed by atoms with van der Waals surface area (Å²) < 4.78 is 21.1. The number of esters is 2. The fraction of sp³-hybridized carbons (Fsp3) is 0.200. The molecule has 0 radical (unpaired) electrons. The molecule has 1 heterocycles. The molecule has 0 aliphatic carbocycles. The average molecular weight is 438 g/mol. The average Bonchev–Trinajstić information content (AvgIpc) is 2.74. The van der Waals surface area contributed by atoms with Gasteiger partial charge in [-0.25, -0.2) is 9.59 Å². The van der Waals surface area contributed by atoms with Crippen LogP contribution in [-0.4, -0.2) is 39.5 Å². The predicted octanol–water partition coefficient (Wildman–Crippen LogP) is 4.18. The van der Waals surface area contributed by atoms with Gasteiger partial charge < -0.3 is 23.8 Å². The number of ether oxygens (including phenoxy) is 4. The van der Waals surface area contributed by atoms with E-state index in [1.165, 1.54) is 19.1 Å². The number of anilines is 1. The maximum Gasteiger partial charge on any atom is 0.355 e. The Morgan fingerprint density at radius 1 is 1.00 bits per heavy atom. The van der Waals surface area contributed by atoms with Crippen LogP contribution in [0.4, 0.5) is 5.69 Å². The number of benzene rings is 2. The van der Waals surface area contributed by atoms with Gasteiger partial charge in [0.1, 0.15) is 18.2 Å². The van der Waals surface area contributed by atoms with E-state index in [9.17, 15) is 9.59 Å². The lowest BCUT2D eigenvalue weighted by Gasteiger charge is -2.32. The van der Waals surface area contributed by atoms with Crippen molar-refractivity contribution in [3.63, 3.8) is 0 Å². The second-order valence-corrected chi connectivity index (χ2v) is 6.70. The van der Waals surface area contributed by atoms with Gasteiger partial charge in [0, 0.05) is 5.02 Å². The first kappa shape index (κ1) is 21.0. The third-order valence-corrected chi connectivity index (χ3v) is 4.65. The zero-order chi connectivity index (χ0) is 21.0. The van der Waals surface area contributed by atoms with Gasteiger partial charge in [0.05, 0.1) is 37.1 Å². The Balaban J connectivity index is 2.13. The van der Waals surface area contributed by atoms with Crippen molar-refractivity contribution >= 4 is 40.8 Å². The lowest BCUT2D eigenvalue weighted by molar-refractivity contribution is -0.140. The van der Waals surface area contributed by atoms with Crippen molar-refractivity contribution in [3.05, 3.63) is 63.8 Å². The van der Waals surface area contributed by atoms with Crippen LogP contribution in [0.5, 0.6) is 11.5 Å². The van der Waals surface area contributed by atoms with Crippen LogP contribution in [0.1, 0.15) is 0 Å². The normalized spacial score (nSPS) is 13.9. The summed E-state index contributed by atoms with van der Waals surface area (Å²) in [5.41, 5.74) is 0.394. The van der Waals surface area contributed by atoms with Crippen molar-refractivity contribution < 1.29 is 28.5 Å². The molecule has 0 bridgehead atoms. The molecule has 3 rings (SSSR count). The standard InChI is InChI=1S/C20H17Cl2NO6/c1-26-19(24)13-10-28-11-23(18(13)20(25)27-2)15-9-12(21)7-8-17(15)29-16-6-4-3-5-14(16)22/h3-9H,10-11H2,1-2H3. The Kier molecular flexibility index (Phi) is 6.64. The van der Waals surface area contributed by atoms with Gasteiger partial charge in [-0.3, -0.25) is 0 Å². The molecular weight excluding hydrogens is 421 g/mol. The maximum atomic E-state index is 12.5. The predicted molar refractivity (Wildman–Crippen MR) is 107 cm³/mol. The van der Waals surface area contributed by atoms with E-state index < -0.39 is 11.9 Å². The maximum absolute atomic E-state index is 12.5. The molecule has 0 saturated heterocycles. The molecule has 1 aliphatic heterocycles. The first-order chi connectivity index (χ1) is 14.0. The van der Waals surface area contributed by atoms with Crippen molar-refractivity contribution in [2.24, 2.45) is 0 Å².